The third kappa shape index (κ3) is 3.65. The minimum absolute atomic E-state index is 0.0941. The number of carboxylic acids is 1. The lowest BCUT2D eigenvalue weighted by Crippen LogP contribution is -2.25. The minimum Gasteiger partial charge on any atom is -0.478 e. The molecule has 0 amide bonds. The second kappa shape index (κ2) is 8.47. The molecule has 0 aliphatic rings. The zero-order chi connectivity index (χ0) is 22.8. The Labute approximate surface area is 183 Å². The van der Waals surface area contributed by atoms with Crippen LogP contribution < -0.4 is 5.43 Å². The van der Waals surface area contributed by atoms with Crippen LogP contribution in [0.2, 0.25) is 0 Å². The normalized spacial score (nSPS) is 10.8. The van der Waals surface area contributed by atoms with E-state index in [1.165, 1.54) is 13.2 Å². The van der Waals surface area contributed by atoms with Gasteiger partial charge in [-0.1, -0.05) is 24.3 Å². The SMILES string of the molecule is COC(=O)c1c(Cc2ccc(C(=O)O)cc2C)c(=O)c2cccnc2n1-c1ccccc1. The number of aromatic nitrogens is 2. The number of fused-ring (bicyclic) bond motifs is 1. The topological polar surface area (TPSA) is 98.5 Å². The van der Waals surface area contributed by atoms with E-state index in [9.17, 15) is 19.5 Å². The highest BCUT2D eigenvalue weighted by Gasteiger charge is 2.25. The molecule has 0 aliphatic heterocycles. The van der Waals surface area contributed by atoms with Crippen LogP contribution in [-0.2, 0) is 11.2 Å². The number of carboxylic acid groups (broad SMARTS) is 1. The van der Waals surface area contributed by atoms with E-state index in [2.05, 4.69) is 4.98 Å². The van der Waals surface area contributed by atoms with Crippen LogP contribution in [0.3, 0.4) is 0 Å². The number of carbonyl (C=O) groups is 2. The number of hydrogen-bond donors (Lipinski definition) is 1. The van der Waals surface area contributed by atoms with Gasteiger partial charge in [0.05, 0.1) is 18.1 Å². The van der Waals surface area contributed by atoms with E-state index in [1.54, 1.807) is 42.0 Å². The molecule has 0 atom stereocenters. The Hall–Kier alpha value is -4.26. The second-order valence-corrected chi connectivity index (χ2v) is 7.32. The molecule has 0 saturated carbocycles. The Morgan fingerprint density at radius 2 is 1.81 bits per heavy atom. The predicted octanol–water partition coefficient (Wildman–Crippen LogP) is 3.77. The van der Waals surface area contributed by atoms with Gasteiger partial charge in [0.15, 0.2) is 5.43 Å². The first kappa shape index (κ1) is 21.0. The molecule has 2 aromatic carbocycles. The lowest BCUT2D eigenvalue weighted by molar-refractivity contribution is 0.0589. The third-order valence-electron chi connectivity index (χ3n) is 5.38. The highest BCUT2D eigenvalue weighted by molar-refractivity contribution is 5.94. The number of benzene rings is 2. The van der Waals surface area contributed by atoms with Crippen molar-refractivity contribution in [2.45, 2.75) is 13.3 Å². The van der Waals surface area contributed by atoms with Crippen LogP contribution in [0, 0.1) is 6.92 Å². The number of nitrogens with zero attached hydrogens (tertiary/aromatic N) is 2. The van der Waals surface area contributed by atoms with Crippen molar-refractivity contribution in [3.8, 4) is 5.69 Å². The van der Waals surface area contributed by atoms with E-state index in [-0.39, 0.29) is 28.7 Å². The maximum Gasteiger partial charge on any atom is 0.355 e. The summed E-state index contributed by atoms with van der Waals surface area (Å²) in [7, 11) is 1.27. The lowest BCUT2D eigenvalue weighted by atomic mass is 9.96. The van der Waals surface area contributed by atoms with Crippen molar-refractivity contribution in [1.29, 1.82) is 0 Å². The molecule has 2 aromatic heterocycles. The molecule has 7 heteroatoms. The fraction of sp³-hybridized carbons (Fsp3) is 0.120. The molecule has 0 spiro atoms. The van der Waals surface area contributed by atoms with Crippen LogP contribution in [-0.4, -0.2) is 33.7 Å². The van der Waals surface area contributed by atoms with Crippen LogP contribution in [0.15, 0.2) is 71.7 Å². The van der Waals surface area contributed by atoms with Crippen molar-refractivity contribution in [1.82, 2.24) is 9.55 Å². The highest BCUT2D eigenvalue weighted by atomic mass is 16.5. The Bertz CT molecular complexity index is 1410. The Morgan fingerprint density at radius 1 is 1.06 bits per heavy atom. The molecule has 0 unspecified atom stereocenters. The maximum absolute atomic E-state index is 13.5. The minimum atomic E-state index is -1.03. The summed E-state index contributed by atoms with van der Waals surface area (Å²) in [5, 5.41) is 9.62. The number of rotatable bonds is 5. The van der Waals surface area contributed by atoms with Crippen LogP contribution in [0.5, 0.6) is 0 Å². The van der Waals surface area contributed by atoms with Gasteiger partial charge < -0.3 is 9.84 Å². The average Bonchev–Trinajstić information content (AvgIpc) is 2.81. The first-order valence-electron chi connectivity index (χ1n) is 9.91. The van der Waals surface area contributed by atoms with Crippen LogP contribution in [0.4, 0.5) is 0 Å². The molecular formula is C25H20N2O5. The Balaban J connectivity index is 2.05. The van der Waals surface area contributed by atoms with Crippen LogP contribution >= 0.6 is 0 Å². The second-order valence-electron chi connectivity index (χ2n) is 7.32. The zero-order valence-electron chi connectivity index (χ0n) is 17.5. The molecule has 0 radical (unpaired) electrons. The number of pyridine rings is 2. The van der Waals surface area contributed by atoms with Crippen molar-refractivity contribution in [3.63, 3.8) is 0 Å². The van der Waals surface area contributed by atoms with Gasteiger partial charge >= 0.3 is 11.9 Å². The van der Waals surface area contributed by atoms with Crippen molar-refractivity contribution in [2.75, 3.05) is 7.11 Å². The van der Waals surface area contributed by atoms with Crippen LogP contribution in [0.1, 0.15) is 37.5 Å². The molecule has 0 fully saturated rings. The van der Waals surface area contributed by atoms with Crippen molar-refractivity contribution in [3.05, 3.63) is 105 Å². The van der Waals surface area contributed by atoms with E-state index in [4.69, 9.17) is 4.74 Å². The molecule has 4 aromatic rings. The van der Waals surface area contributed by atoms with Gasteiger partial charge in [0.1, 0.15) is 11.3 Å². The van der Waals surface area contributed by atoms with Crippen molar-refractivity contribution in [2.24, 2.45) is 0 Å². The Morgan fingerprint density at radius 3 is 2.47 bits per heavy atom. The van der Waals surface area contributed by atoms with E-state index in [0.717, 1.165) is 5.56 Å². The molecule has 0 bridgehead atoms. The molecule has 0 aliphatic carbocycles. The molecule has 7 nitrogen and oxygen atoms in total. The van der Waals surface area contributed by atoms with Gasteiger partial charge in [-0.25, -0.2) is 14.6 Å². The maximum atomic E-state index is 13.5. The molecule has 0 saturated heterocycles. The van der Waals surface area contributed by atoms with Crippen LogP contribution in [0.25, 0.3) is 16.7 Å². The zero-order valence-corrected chi connectivity index (χ0v) is 17.5. The lowest BCUT2D eigenvalue weighted by Gasteiger charge is -2.19. The van der Waals surface area contributed by atoms with E-state index in [1.807, 2.05) is 30.3 Å². The summed E-state index contributed by atoms with van der Waals surface area (Å²) >= 11 is 0. The first-order chi connectivity index (χ1) is 15.4. The van der Waals surface area contributed by atoms with Gasteiger partial charge in [-0.2, -0.15) is 0 Å². The smallest absolute Gasteiger partial charge is 0.355 e. The third-order valence-corrected chi connectivity index (χ3v) is 5.38. The average molecular weight is 428 g/mol. The van der Waals surface area contributed by atoms with Gasteiger partial charge in [-0.05, 0) is 54.4 Å². The number of esters is 1. The number of hydrogen-bond acceptors (Lipinski definition) is 5. The van der Waals surface area contributed by atoms with E-state index in [0.29, 0.717) is 22.3 Å². The highest BCUT2D eigenvalue weighted by Crippen LogP contribution is 2.24. The van der Waals surface area contributed by atoms with Gasteiger partial charge in [-0.3, -0.25) is 9.36 Å². The summed E-state index contributed by atoms with van der Waals surface area (Å²) in [5.41, 5.74) is 2.65. The molecule has 4 rings (SSSR count). The number of aryl methyl sites for hydroxylation is 1. The monoisotopic (exact) mass is 428 g/mol. The predicted molar refractivity (Wildman–Crippen MR) is 120 cm³/mol. The number of ether oxygens (including phenoxy) is 1. The molecule has 2 heterocycles. The van der Waals surface area contributed by atoms with Gasteiger partial charge in [0, 0.05) is 23.9 Å². The number of carbonyl (C=O) groups excluding carboxylic acids is 1. The van der Waals surface area contributed by atoms with Gasteiger partial charge in [0.2, 0.25) is 0 Å². The number of para-hydroxylation sites is 1. The first-order valence-corrected chi connectivity index (χ1v) is 9.91. The van der Waals surface area contributed by atoms with E-state index < -0.39 is 11.9 Å². The van der Waals surface area contributed by atoms with E-state index >= 15 is 0 Å². The quantitative estimate of drug-likeness (QED) is 0.486. The molecule has 160 valence electrons. The largest absolute Gasteiger partial charge is 0.478 e. The summed E-state index contributed by atoms with van der Waals surface area (Å²) in [4.78, 5) is 42.1. The summed E-state index contributed by atoms with van der Waals surface area (Å²) in [6, 6.07) is 17.2. The van der Waals surface area contributed by atoms with Gasteiger partial charge in [-0.15, -0.1) is 0 Å². The summed E-state index contributed by atoms with van der Waals surface area (Å²) in [5.74, 6) is -1.69. The fourth-order valence-electron chi connectivity index (χ4n) is 3.78. The Kier molecular flexibility index (Phi) is 5.55. The number of aromatic carboxylic acids is 1. The standard InChI is InChI=1S/C25H20N2O5/c1-15-13-17(24(29)30)11-10-16(15)14-20-21(25(31)32-2)27(18-7-4-3-5-8-18)23-19(22(20)28)9-6-12-26-23/h3-13H,14H2,1-2H3,(H,29,30). The molecular weight excluding hydrogens is 408 g/mol. The fourth-order valence-corrected chi connectivity index (χ4v) is 3.78. The van der Waals surface area contributed by atoms with Gasteiger partial charge in [0.25, 0.3) is 0 Å². The summed E-state index contributed by atoms with van der Waals surface area (Å²) in [6.45, 7) is 1.78. The molecule has 32 heavy (non-hydrogen) atoms. The molecule has 1 N–H and O–H groups in total. The summed E-state index contributed by atoms with van der Waals surface area (Å²) < 4.78 is 6.70. The van der Waals surface area contributed by atoms with Crippen molar-refractivity contribution >= 4 is 23.0 Å². The summed E-state index contributed by atoms with van der Waals surface area (Å²) in [6.07, 6.45) is 1.70. The number of methoxy groups -OCH3 is 1. The van der Waals surface area contributed by atoms with Crippen molar-refractivity contribution < 1.29 is 19.4 Å².